The highest BCUT2D eigenvalue weighted by atomic mass is 32.1. The van der Waals surface area contributed by atoms with E-state index in [0.29, 0.717) is 13.0 Å². The Kier molecular flexibility index (Phi) is 4.24. The van der Waals surface area contributed by atoms with Crippen molar-refractivity contribution >= 4 is 17.2 Å². The Hall–Kier alpha value is -1.59. The van der Waals surface area contributed by atoms with Gasteiger partial charge in [-0.2, -0.15) is 0 Å². The van der Waals surface area contributed by atoms with E-state index in [-0.39, 0.29) is 23.5 Å². The van der Waals surface area contributed by atoms with Gasteiger partial charge in [0.1, 0.15) is 17.6 Å². The predicted octanol–water partition coefficient (Wildman–Crippen LogP) is 4.48. The maximum atomic E-state index is 12.7. The summed E-state index contributed by atoms with van der Waals surface area (Å²) in [5, 5.41) is 5.33. The topological polar surface area (TPSA) is 51.5 Å². The minimum absolute atomic E-state index is 0.0232. The summed E-state index contributed by atoms with van der Waals surface area (Å²) in [6.07, 6.45) is 3.08. The fraction of sp³-hybridized carbons (Fsp3) is 0.550. The number of rotatable bonds is 3. The minimum atomic E-state index is -0.106. The number of nitrogens with one attached hydrogen (secondary N) is 1. The maximum Gasteiger partial charge on any atom is 0.223 e. The van der Waals surface area contributed by atoms with Crippen LogP contribution in [0.5, 0.6) is 0 Å². The molecule has 0 unspecified atom stereocenters. The van der Waals surface area contributed by atoms with Gasteiger partial charge < -0.3 is 14.5 Å². The molecule has 3 heterocycles. The van der Waals surface area contributed by atoms with Crippen molar-refractivity contribution in [3.8, 4) is 0 Å². The van der Waals surface area contributed by atoms with E-state index in [1.165, 1.54) is 10.4 Å². The molecular weight excluding hydrogens is 334 g/mol. The van der Waals surface area contributed by atoms with Crippen LogP contribution in [0, 0.1) is 12.3 Å². The molecule has 2 aromatic rings. The van der Waals surface area contributed by atoms with Crippen molar-refractivity contribution < 1.29 is 13.9 Å². The van der Waals surface area contributed by atoms with E-state index in [4.69, 9.17) is 9.15 Å². The van der Waals surface area contributed by atoms with Crippen LogP contribution in [-0.2, 0) is 22.4 Å². The van der Waals surface area contributed by atoms with Crippen molar-refractivity contribution in [1.29, 1.82) is 0 Å². The van der Waals surface area contributed by atoms with E-state index in [1.807, 2.05) is 6.92 Å². The maximum absolute atomic E-state index is 12.7. The summed E-state index contributed by atoms with van der Waals surface area (Å²) in [5.74, 6) is 1.99. The highest BCUT2D eigenvalue weighted by Crippen LogP contribution is 2.42. The molecule has 2 aromatic heterocycles. The molecule has 4 nitrogen and oxygen atoms in total. The van der Waals surface area contributed by atoms with Crippen LogP contribution in [0.1, 0.15) is 66.4 Å². The molecule has 4 rings (SSSR count). The molecule has 1 N–H and O–H groups in total. The average Bonchev–Trinajstić information content (AvgIpc) is 3.12. The molecule has 1 amide bonds. The Balaban J connectivity index is 1.48. The predicted molar refractivity (Wildman–Crippen MR) is 97.8 cm³/mol. The molecule has 25 heavy (non-hydrogen) atoms. The summed E-state index contributed by atoms with van der Waals surface area (Å²) < 4.78 is 11.7. The summed E-state index contributed by atoms with van der Waals surface area (Å²) in [7, 11) is 0. The molecule has 2 aliphatic rings. The lowest BCUT2D eigenvalue weighted by atomic mass is 9.74. The average molecular weight is 359 g/mol. The Morgan fingerprint density at radius 2 is 2.28 bits per heavy atom. The number of fused-ring (bicyclic) bond motifs is 2. The fourth-order valence-electron chi connectivity index (χ4n) is 4.11. The molecule has 0 bridgehead atoms. The van der Waals surface area contributed by atoms with E-state index < -0.39 is 0 Å². The number of carbonyl (C=O) groups is 1. The van der Waals surface area contributed by atoms with E-state index in [1.54, 1.807) is 11.3 Å². The number of thiophene rings is 1. The number of furan rings is 1. The first-order chi connectivity index (χ1) is 11.9. The number of aryl methyl sites for hydroxylation is 1. The lowest BCUT2D eigenvalue weighted by Gasteiger charge is -2.35. The molecule has 1 aliphatic carbocycles. The molecule has 5 heteroatoms. The van der Waals surface area contributed by atoms with Crippen LogP contribution in [0.2, 0.25) is 0 Å². The Bertz CT molecular complexity index is 789. The van der Waals surface area contributed by atoms with Crippen molar-refractivity contribution in [2.75, 3.05) is 6.61 Å². The number of ether oxygens (including phenoxy) is 1. The van der Waals surface area contributed by atoms with Crippen molar-refractivity contribution in [1.82, 2.24) is 5.32 Å². The highest BCUT2D eigenvalue weighted by molar-refractivity contribution is 7.10. The molecule has 1 aliphatic heterocycles. The van der Waals surface area contributed by atoms with Crippen LogP contribution in [-0.4, -0.2) is 12.5 Å². The quantitative estimate of drug-likeness (QED) is 0.879. The molecule has 134 valence electrons. The number of amides is 1. The van der Waals surface area contributed by atoms with Gasteiger partial charge in [0.2, 0.25) is 5.91 Å². The summed E-state index contributed by atoms with van der Waals surface area (Å²) in [5.41, 5.74) is 2.60. The summed E-state index contributed by atoms with van der Waals surface area (Å²) in [6.45, 7) is 7.13. The molecule has 2 atom stereocenters. The molecule has 0 radical (unpaired) electrons. The van der Waals surface area contributed by atoms with Gasteiger partial charge in [0.05, 0.1) is 19.1 Å². The van der Waals surface area contributed by atoms with Gasteiger partial charge in [-0.15, -0.1) is 11.3 Å². The van der Waals surface area contributed by atoms with E-state index in [0.717, 1.165) is 36.3 Å². The zero-order chi connectivity index (χ0) is 17.6. The van der Waals surface area contributed by atoms with Gasteiger partial charge in [-0.1, -0.05) is 13.8 Å². The second-order valence-corrected chi connectivity index (χ2v) is 8.97. The fourth-order valence-corrected chi connectivity index (χ4v) is 5.11. The minimum Gasteiger partial charge on any atom is -0.466 e. The van der Waals surface area contributed by atoms with Gasteiger partial charge in [-0.05, 0) is 48.3 Å². The SMILES string of the molecule is Cc1cc2c(o1)CC(C)(C)C[C@H]2NC(=O)C[C@H]1OCCc2ccsc21. The Morgan fingerprint density at radius 3 is 3.12 bits per heavy atom. The second-order valence-electron chi connectivity index (χ2n) is 8.02. The van der Waals surface area contributed by atoms with Crippen LogP contribution >= 0.6 is 11.3 Å². The standard InChI is InChI=1S/C20H25NO3S/c1-12-8-14-15(10-20(2,3)11-17(14)24-12)21-18(22)9-16-19-13(4-6-23-16)5-7-25-19/h5,7-8,15-16H,4,6,9-11H2,1-3H3,(H,21,22)/t15-,16-/m1/s1. The number of hydrogen-bond acceptors (Lipinski definition) is 4. The third-order valence-corrected chi connectivity index (χ3v) is 6.26. The van der Waals surface area contributed by atoms with Crippen molar-refractivity contribution in [2.45, 2.75) is 58.6 Å². The molecular formula is C20H25NO3S. The monoisotopic (exact) mass is 359 g/mol. The van der Waals surface area contributed by atoms with Gasteiger partial charge in [0, 0.05) is 16.9 Å². The number of carbonyl (C=O) groups excluding carboxylic acids is 1. The first-order valence-corrected chi connectivity index (χ1v) is 9.86. The van der Waals surface area contributed by atoms with Gasteiger partial charge in [0.25, 0.3) is 0 Å². The normalized spacial score (nSPS) is 24.4. The van der Waals surface area contributed by atoms with Crippen LogP contribution in [0.25, 0.3) is 0 Å². The lowest BCUT2D eigenvalue weighted by molar-refractivity contribution is -0.125. The zero-order valence-corrected chi connectivity index (χ0v) is 15.9. The van der Waals surface area contributed by atoms with Gasteiger partial charge >= 0.3 is 0 Å². The van der Waals surface area contributed by atoms with Crippen LogP contribution in [0.15, 0.2) is 21.9 Å². The first-order valence-electron chi connectivity index (χ1n) is 8.98. The Labute approximate surface area is 152 Å². The van der Waals surface area contributed by atoms with E-state index >= 15 is 0 Å². The molecule has 0 aromatic carbocycles. The summed E-state index contributed by atoms with van der Waals surface area (Å²) in [6, 6.07) is 4.25. The van der Waals surface area contributed by atoms with Gasteiger partial charge in [0.15, 0.2) is 0 Å². The van der Waals surface area contributed by atoms with Gasteiger partial charge in [-0.25, -0.2) is 0 Å². The van der Waals surface area contributed by atoms with Crippen LogP contribution < -0.4 is 5.32 Å². The highest BCUT2D eigenvalue weighted by Gasteiger charge is 2.36. The lowest BCUT2D eigenvalue weighted by Crippen LogP contribution is -2.36. The molecule has 0 spiro atoms. The summed E-state index contributed by atoms with van der Waals surface area (Å²) >= 11 is 1.69. The number of hydrogen-bond donors (Lipinski definition) is 1. The van der Waals surface area contributed by atoms with E-state index in [9.17, 15) is 4.79 Å². The molecule has 0 saturated heterocycles. The van der Waals surface area contributed by atoms with Crippen LogP contribution in [0.4, 0.5) is 0 Å². The van der Waals surface area contributed by atoms with E-state index in [2.05, 4.69) is 36.7 Å². The summed E-state index contributed by atoms with van der Waals surface area (Å²) in [4.78, 5) is 13.9. The molecule has 0 fully saturated rings. The van der Waals surface area contributed by atoms with Gasteiger partial charge in [-0.3, -0.25) is 4.79 Å². The van der Waals surface area contributed by atoms with Crippen LogP contribution in [0.3, 0.4) is 0 Å². The smallest absolute Gasteiger partial charge is 0.223 e. The molecule has 0 saturated carbocycles. The third-order valence-electron chi connectivity index (χ3n) is 5.21. The second kappa shape index (κ2) is 6.29. The van der Waals surface area contributed by atoms with Crippen molar-refractivity contribution in [3.63, 3.8) is 0 Å². The largest absolute Gasteiger partial charge is 0.466 e. The Morgan fingerprint density at radius 1 is 1.44 bits per heavy atom. The first kappa shape index (κ1) is 16.9. The van der Waals surface area contributed by atoms with Crippen molar-refractivity contribution in [3.05, 3.63) is 45.0 Å². The third kappa shape index (κ3) is 3.40. The van der Waals surface area contributed by atoms with Crippen molar-refractivity contribution in [2.24, 2.45) is 5.41 Å². The zero-order valence-electron chi connectivity index (χ0n) is 15.1.